The van der Waals surface area contributed by atoms with Crippen LogP contribution in [0.2, 0.25) is 0 Å². The number of aliphatic carboxylic acids is 1. The first-order chi connectivity index (χ1) is 11.6. The fourth-order valence-corrected chi connectivity index (χ4v) is 3.08. The van der Waals surface area contributed by atoms with E-state index in [1.54, 1.807) is 0 Å². The zero-order valence-electron chi connectivity index (χ0n) is 13.5. The fraction of sp³-hybridized carbons (Fsp3) is 0.467. The van der Waals surface area contributed by atoms with Crippen LogP contribution in [0.5, 0.6) is 0 Å². The Labute approximate surface area is 144 Å². The van der Waals surface area contributed by atoms with Crippen LogP contribution in [0.3, 0.4) is 0 Å². The van der Waals surface area contributed by atoms with E-state index in [9.17, 15) is 27.5 Å². The maximum Gasteiger partial charge on any atom is 0.311 e. The van der Waals surface area contributed by atoms with Crippen LogP contribution in [0.15, 0.2) is 18.2 Å². The van der Waals surface area contributed by atoms with Gasteiger partial charge in [0.2, 0.25) is 10.0 Å². The van der Waals surface area contributed by atoms with E-state index in [0.29, 0.717) is 13.2 Å². The molecule has 3 N–H and O–H groups in total. The molecule has 1 aromatic rings. The second-order valence-electron chi connectivity index (χ2n) is 5.95. The number of sulfonamides is 1. The average Bonchev–Trinajstić information content (AvgIpc) is 2.54. The summed E-state index contributed by atoms with van der Waals surface area (Å²) >= 11 is 0. The second kappa shape index (κ2) is 7.36. The quantitative estimate of drug-likeness (QED) is 0.677. The largest absolute Gasteiger partial charge is 0.481 e. The number of carbonyl (C=O) groups excluding carboxylic acids is 1. The third-order valence-corrected chi connectivity index (χ3v) is 4.61. The molecule has 0 unspecified atom stereocenters. The van der Waals surface area contributed by atoms with Crippen LogP contribution in [0, 0.1) is 11.2 Å². The van der Waals surface area contributed by atoms with Gasteiger partial charge in [-0.3, -0.25) is 14.3 Å². The van der Waals surface area contributed by atoms with Crippen LogP contribution >= 0.6 is 0 Å². The van der Waals surface area contributed by atoms with Gasteiger partial charge in [-0.05, 0) is 31.0 Å². The summed E-state index contributed by atoms with van der Waals surface area (Å²) in [5.74, 6) is -2.47. The van der Waals surface area contributed by atoms with Crippen molar-refractivity contribution in [3.05, 3.63) is 29.6 Å². The van der Waals surface area contributed by atoms with Gasteiger partial charge in [-0.15, -0.1) is 0 Å². The van der Waals surface area contributed by atoms with Crippen LogP contribution < -0.4 is 10.0 Å². The molecule has 0 aliphatic carbocycles. The van der Waals surface area contributed by atoms with Gasteiger partial charge in [0.25, 0.3) is 5.91 Å². The number of hydrogen-bond acceptors (Lipinski definition) is 5. The highest BCUT2D eigenvalue weighted by atomic mass is 32.2. The first kappa shape index (κ1) is 19.1. The van der Waals surface area contributed by atoms with Crippen LogP contribution in [0.4, 0.5) is 10.1 Å². The third kappa shape index (κ3) is 4.89. The lowest BCUT2D eigenvalue weighted by molar-refractivity contribution is -0.154. The number of nitrogens with one attached hydrogen (secondary N) is 2. The minimum absolute atomic E-state index is 0.0140. The Morgan fingerprint density at radius 3 is 2.52 bits per heavy atom. The minimum atomic E-state index is -3.71. The number of anilines is 1. The highest BCUT2D eigenvalue weighted by Crippen LogP contribution is 2.30. The lowest BCUT2D eigenvalue weighted by Gasteiger charge is -2.33. The molecule has 2 rings (SSSR count). The molecule has 0 aromatic heterocycles. The highest BCUT2D eigenvalue weighted by molar-refractivity contribution is 7.92. The third-order valence-electron chi connectivity index (χ3n) is 4.01. The van der Waals surface area contributed by atoms with Crippen molar-refractivity contribution in [3.8, 4) is 0 Å². The van der Waals surface area contributed by atoms with Crippen molar-refractivity contribution in [2.75, 3.05) is 30.7 Å². The van der Waals surface area contributed by atoms with E-state index < -0.39 is 33.1 Å². The standard InChI is InChI=1S/C15H19FN2O6S/c1-25(22,23)18-12-8-10(2-3-11(12)16)13(19)17-9-15(14(20)21)4-6-24-7-5-15/h2-3,8,18H,4-7,9H2,1H3,(H,17,19)(H,20,21). The lowest BCUT2D eigenvalue weighted by Crippen LogP contribution is -2.46. The Morgan fingerprint density at radius 1 is 1.32 bits per heavy atom. The number of rotatable bonds is 6. The zero-order valence-corrected chi connectivity index (χ0v) is 14.4. The highest BCUT2D eigenvalue weighted by Gasteiger charge is 2.40. The number of carbonyl (C=O) groups is 2. The van der Waals surface area contributed by atoms with E-state index >= 15 is 0 Å². The van der Waals surface area contributed by atoms with Crippen molar-refractivity contribution in [2.45, 2.75) is 12.8 Å². The van der Waals surface area contributed by atoms with Crippen molar-refractivity contribution in [3.63, 3.8) is 0 Å². The summed E-state index contributed by atoms with van der Waals surface area (Å²) in [6.07, 6.45) is 1.40. The molecule has 1 saturated heterocycles. The first-order valence-corrected chi connectivity index (χ1v) is 9.39. The van der Waals surface area contributed by atoms with Crippen molar-refractivity contribution in [2.24, 2.45) is 5.41 Å². The first-order valence-electron chi connectivity index (χ1n) is 7.50. The second-order valence-corrected chi connectivity index (χ2v) is 7.70. The molecule has 0 spiro atoms. The smallest absolute Gasteiger partial charge is 0.311 e. The van der Waals surface area contributed by atoms with E-state index in [1.807, 2.05) is 4.72 Å². The molecule has 0 saturated carbocycles. The van der Waals surface area contributed by atoms with Crippen molar-refractivity contribution in [1.29, 1.82) is 0 Å². The van der Waals surface area contributed by atoms with Gasteiger partial charge in [0.05, 0.1) is 17.4 Å². The number of benzene rings is 1. The molecule has 10 heteroatoms. The van der Waals surface area contributed by atoms with Crippen LogP contribution in [0.1, 0.15) is 23.2 Å². The number of carboxylic acids is 1. The Kier molecular flexibility index (Phi) is 5.63. The van der Waals surface area contributed by atoms with Gasteiger partial charge in [-0.1, -0.05) is 0 Å². The van der Waals surface area contributed by atoms with Gasteiger partial charge >= 0.3 is 5.97 Å². The number of hydrogen-bond donors (Lipinski definition) is 3. The number of halogens is 1. The van der Waals surface area contributed by atoms with Gasteiger partial charge in [-0.25, -0.2) is 12.8 Å². The van der Waals surface area contributed by atoms with E-state index in [1.165, 1.54) is 6.07 Å². The molecule has 1 amide bonds. The predicted octanol–water partition coefficient (Wildman–Crippen LogP) is 0.808. The predicted molar refractivity (Wildman–Crippen MR) is 87.3 cm³/mol. The van der Waals surface area contributed by atoms with E-state index in [0.717, 1.165) is 18.4 Å². The number of amides is 1. The lowest BCUT2D eigenvalue weighted by atomic mass is 9.80. The maximum absolute atomic E-state index is 13.7. The number of carboxylic acid groups (broad SMARTS) is 1. The molecule has 1 fully saturated rings. The van der Waals surface area contributed by atoms with Gasteiger partial charge in [0.1, 0.15) is 5.82 Å². The van der Waals surface area contributed by atoms with E-state index in [2.05, 4.69) is 5.32 Å². The molecule has 0 bridgehead atoms. The molecule has 0 atom stereocenters. The summed E-state index contributed by atoms with van der Waals surface area (Å²) in [6.45, 7) is 0.485. The molecule has 25 heavy (non-hydrogen) atoms. The summed E-state index contributed by atoms with van der Waals surface area (Å²) in [5, 5.41) is 12.0. The average molecular weight is 374 g/mol. The summed E-state index contributed by atoms with van der Waals surface area (Å²) < 4.78 is 43.3. The van der Waals surface area contributed by atoms with E-state index in [-0.39, 0.29) is 30.6 Å². The normalized spacial score (nSPS) is 16.9. The molecule has 1 aromatic carbocycles. The SMILES string of the molecule is CS(=O)(=O)Nc1cc(C(=O)NCC2(C(=O)O)CCOCC2)ccc1F. The molecular weight excluding hydrogens is 355 g/mol. The summed E-state index contributed by atoms with van der Waals surface area (Å²) in [5.41, 5.74) is -1.45. The Bertz CT molecular complexity index is 774. The molecule has 1 aliphatic heterocycles. The molecule has 138 valence electrons. The number of ether oxygens (including phenoxy) is 1. The molecular formula is C15H19FN2O6S. The Morgan fingerprint density at radius 2 is 1.96 bits per heavy atom. The summed E-state index contributed by atoms with van der Waals surface area (Å²) in [6, 6.07) is 3.21. The molecule has 0 radical (unpaired) electrons. The van der Waals surface area contributed by atoms with Gasteiger partial charge < -0.3 is 15.2 Å². The monoisotopic (exact) mass is 374 g/mol. The van der Waals surface area contributed by atoms with Crippen molar-refractivity contribution < 1.29 is 32.2 Å². The van der Waals surface area contributed by atoms with Crippen LogP contribution in [-0.2, 0) is 19.6 Å². The maximum atomic E-state index is 13.7. The van der Waals surface area contributed by atoms with Crippen LogP contribution in [0.25, 0.3) is 0 Å². The summed E-state index contributed by atoms with van der Waals surface area (Å²) in [4.78, 5) is 23.8. The summed E-state index contributed by atoms with van der Waals surface area (Å²) in [7, 11) is -3.71. The Hall–Kier alpha value is -2.20. The van der Waals surface area contributed by atoms with Crippen LogP contribution in [-0.4, -0.2) is 51.4 Å². The fourth-order valence-electron chi connectivity index (χ4n) is 2.52. The molecule has 1 aliphatic rings. The molecule has 8 nitrogen and oxygen atoms in total. The van der Waals surface area contributed by atoms with Gasteiger partial charge in [0.15, 0.2) is 0 Å². The van der Waals surface area contributed by atoms with Crippen molar-refractivity contribution in [1.82, 2.24) is 5.32 Å². The van der Waals surface area contributed by atoms with Gasteiger partial charge in [0, 0.05) is 25.3 Å². The molecule has 1 heterocycles. The minimum Gasteiger partial charge on any atom is -0.481 e. The van der Waals surface area contributed by atoms with Crippen molar-refractivity contribution >= 4 is 27.6 Å². The topological polar surface area (TPSA) is 122 Å². The zero-order chi connectivity index (χ0) is 18.7. The van der Waals surface area contributed by atoms with Gasteiger partial charge in [-0.2, -0.15) is 0 Å². The van der Waals surface area contributed by atoms with E-state index in [4.69, 9.17) is 4.74 Å². The Balaban J connectivity index is 2.12.